The molecule has 1 aliphatic rings. The van der Waals surface area contributed by atoms with Crippen LogP contribution in [0.1, 0.15) is 31.2 Å². The van der Waals surface area contributed by atoms with E-state index in [1.807, 2.05) is 29.8 Å². The van der Waals surface area contributed by atoms with Crippen molar-refractivity contribution in [2.75, 3.05) is 6.61 Å². The Labute approximate surface area is 145 Å². The van der Waals surface area contributed by atoms with E-state index >= 15 is 0 Å². The fourth-order valence-electron chi connectivity index (χ4n) is 3.15. The Morgan fingerprint density at radius 1 is 1.08 bits per heavy atom. The molecule has 0 radical (unpaired) electrons. The first kappa shape index (κ1) is 15.9. The molecule has 1 saturated heterocycles. The van der Waals surface area contributed by atoms with Crippen LogP contribution in [0.25, 0.3) is 22.5 Å². The highest BCUT2D eigenvalue weighted by atomic mass is 19.1. The van der Waals surface area contributed by atoms with Crippen molar-refractivity contribution in [1.82, 2.24) is 19.7 Å². The van der Waals surface area contributed by atoms with Gasteiger partial charge in [-0.25, -0.2) is 9.67 Å². The molecule has 6 heteroatoms. The minimum absolute atomic E-state index is 0.128. The number of ether oxygens (including phenoxy) is 1. The maximum absolute atomic E-state index is 13.6. The summed E-state index contributed by atoms with van der Waals surface area (Å²) in [7, 11) is 0. The number of nitrogens with zero attached hydrogens (tertiary/aromatic N) is 4. The Morgan fingerprint density at radius 3 is 2.68 bits per heavy atom. The van der Waals surface area contributed by atoms with Crippen molar-refractivity contribution in [2.24, 2.45) is 0 Å². The van der Waals surface area contributed by atoms with Crippen LogP contribution in [0.5, 0.6) is 0 Å². The normalized spacial score (nSPS) is 17.6. The second-order valence-electron chi connectivity index (χ2n) is 6.23. The van der Waals surface area contributed by atoms with Crippen LogP contribution in [0.3, 0.4) is 0 Å². The minimum Gasteiger partial charge on any atom is -0.356 e. The lowest BCUT2D eigenvalue weighted by Crippen LogP contribution is -2.20. The number of aromatic nitrogens is 4. The van der Waals surface area contributed by atoms with E-state index in [0.717, 1.165) is 54.1 Å². The maximum Gasteiger partial charge on any atom is 0.213 e. The summed E-state index contributed by atoms with van der Waals surface area (Å²) in [6, 6.07) is 9.12. The van der Waals surface area contributed by atoms with Crippen molar-refractivity contribution < 1.29 is 9.13 Å². The highest BCUT2D eigenvalue weighted by Crippen LogP contribution is 2.32. The zero-order valence-electron chi connectivity index (χ0n) is 14.0. The molecule has 1 unspecified atom stereocenters. The summed E-state index contributed by atoms with van der Waals surface area (Å²) in [6.45, 7) is 2.67. The van der Waals surface area contributed by atoms with Gasteiger partial charge in [0.05, 0.1) is 11.4 Å². The van der Waals surface area contributed by atoms with E-state index in [-0.39, 0.29) is 6.23 Å². The first-order valence-corrected chi connectivity index (χ1v) is 8.47. The molecule has 3 aromatic heterocycles. The van der Waals surface area contributed by atoms with E-state index in [1.54, 1.807) is 12.3 Å². The molecule has 0 aliphatic carbocycles. The molecule has 0 amide bonds. The summed E-state index contributed by atoms with van der Waals surface area (Å²) in [5, 5.41) is 4.77. The molecule has 0 bridgehead atoms. The van der Waals surface area contributed by atoms with Crippen molar-refractivity contribution in [2.45, 2.75) is 32.4 Å². The molecule has 0 aromatic carbocycles. The van der Waals surface area contributed by atoms with Gasteiger partial charge in [-0.2, -0.15) is 9.49 Å². The first-order valence-electron chi connectivity index (χ1n) is 8.47. The largest absolute Gasteiger partial charge is 0.356 e. The van der Waals surface area contributed by atoms with Crippen LogP contribution in [0.4, 0.5) is 4.39 Å². The quantitative estimate of drug-likeness (QED) is 0.673. The number of rotatable bonds is 3. The van der Waals surface area contributed by atoms with E-state index < -0.39 is 5.95 Å². The Balaban J connectivity index is 1.82. The lowest BCUT2D eigenvalue weighted by Gasteiger charge is -2.24. The zero-order valence-corrected chi connectivity index (χ0v) is 14.0. The molecule has 1 fully saturated rings. The third kappa shape index (κ3) is 3.30. The van der Waals surface area contributed by atoms with Gasteiger partial charge in [-0.05, 0) is 50.5 Å². The van der Waals surface area contributed by atoms with Crippen molar-refractivity contribution in [1.29, 1.82) is 0 Å². The monoisotopic (exact) mass is 338 g/mol. The zero-order chi connectivity index (χ0) is 17.2. The Hall–Kier alpha value is -2.60. The third-order valence-corrected chi connectivity index (χ3v) is 4.38. The average Bonchev–Trinajstić information content (AvgIpc) is 3.08. The molecule has 25 heavy (non-hydrogen) atoms. The standard InChI is InChI=1S/C19H19FN4O/c1-13-10-14(5-7-21-13)16-12-17(15-6-8-22-18(20)11-15)24(23-16)19-4-2-3-9-25-19/h5-8,10-12,19H,2-4,9H2,1H3. The molecule has 0 spiro atoms. The van der Waals surface area contributed by atoms with Gasteiger partial charge < -0.3 is 4.74 Å². The molecule has 4 heterocycles. The van der Waals surface area contributed by atoms with Crippen molar-refractivity contribution in [3.05, 3.63) is 54.4 Å². The molecule has 1 atom stereocenters. The van der Waals surface area contributed by atoms with Crippen LogP contribution in [-0.2, 0) is 4.74 Å². The molecule has 4 rings (SSSR count). The topological polar surface area (TPSA) is 52.8 Å². The molecule has 128 valence electrons. The number of aryl methyl sites for hydroxylation is 1. The van der Waals surface area contributed by atoms with Gasteiger partial charge in [-0.3, -0.25) is 4.98 Å². The van der Waals surface area contributed by atoms with E-state index in [4.69, 9.17) is 9.84 Å². The summed E-state index contributed by atoms with van der Waals surface area (Å²) in [4.78, 5) is 7.89. The van der Waals surface area contributed by atoms with Crippen LogP contribution in [0, 0.1) is 12.9 Å². The van der Waals surface area contributed by atoms with Gasteiger partial charge in [-0.1, -0.05) is 0 Å². The highest BCUT2D eigenvalue weighted by molar-refractivity contribution is 5.68. The summed E-state index contributed by atoms with van der Waals surface area (Å²) in [5.74, 6) is -0.504. The Kier molecular flexibility index (Phi) is 4.28. The van der Waals surface area contributed by atoms with E-state index in [1.165, 1.54) is 12.3 Å². The lowest BCUT2D eigenvalue weighted by atomic mass is 10.1. The van der Waals surface area contributed by atoms with Gasteiger partial charge >= 0.3 is 0 Å². The first-order chi connectivity index (χ1) is 12.2. The minimum atomic E-state index is -0.504. The molecule has 0 saturated carbocycles. The van der Waals surface area contributed by atoms with E-state index in [2.05, 4.69) is 9.97 Å². The predicted molar refractivity (Wildman–Crippen MR) is 92.2 cm³/mol. The van der Waals surface area contributed by atoms with E-state index in [9.17, 15) is 4.39 Å². The van der Waals surface area contributed by atoms with Crippen molar-refractivity contribution in [3.63, 3.8) is 0 Å². The summed E-state index contributed by atoms with van der Waals surface area (Å²) in [5.41, 5.74) is 4.31. The number of hydrogen-bond donors (Lipinski definition) is 0. The molecule has 3 aromatic rings. The van der Waals surface area contributed by atoms with Gasteiger partial charge in [0.25, 0.3) is 0 Å². The van der Waals surface area contributed by atoms with Gasteiger partial charge in [0.2, 0.25) is 5.95 Å². The smallest absolute Gasteiger partial charge is 0.213 e. The number of hydrogen-bond acceptors (Lipinski definition) is 4. The summed E-state index contributed by atoms with van der Waals surface area (Å²) in [6.07, 6.45) is 6.17. The van der Waals surface area contributed by atoms with Crippen LogP contribution >= 0.6 is 0 Å². The van der Waals surface area contributed by atoms with Crippen molar-refractivity contribution >= 4 is 0 Å². The van der Waals surface area contributed by atoms with Crippen molar-refractivity contribution in [3.8, 4) is 22.5 Å². The van der Waals surface area contributed by atoms with Crippen LogP contribution in [0.2, 0.25) is 0 Å². The van der Waals surface area contributed by atoms with Gasteiger partial charge in [-0.15, -0.1) is 0 Å². The predicted octanol–water partition coefficient (Wildman–Crippen LogP) is 4.15. The van der Waals surface area contributed by atoms with Gasteiger partial charge in [0, 0.05) is 41.9 Å². The fraction of sp³-hybridized carbons (Fsp3) is 0.316. The van der Waals surface area contributed by atoms with Gasteiger partial charge in [0.1, 0.15) is 0 Å². The van der Waals surface area contributed by atoms with Crippen LogP contribution in [-0.4, -0.2) is 26.4 Å². The average molecular weight is 338 g/mol. The fourth-order valence-corrected chi connectivity index (χ4v) is 3.15. The Bertz CT molecular complexity index is 887. The lowest BCUT2D eigenvalue weighted by molar-refractivity contribution is -0.0382. The SMILES string of the molecule is Cc1cc(-c2cc(-c3ccnc(F)c3)n(C3CCCCO3)n2)ccn1. The van der Waals surface area contributed by atoms with Crippen LogP contribution in [0.15, 0.2) is 42.7 Å². The number of pyridine rings is 2. The number of halogens is 1. The molecular formula is C19H19FN4O. The second-order valence-corrected chi connectivity index (χ2v) is 6.23. The highest BCUT2D eigenvalue weighted by Gasteiger charge is 2.22. The third-order valence-electron chi connectivity index (χ3n) is 4.38. The second kappa shape index (κ2) is 6.72. The molecule has 0 N–H and O–H groups in total. The molecular weight excluding hydrogens is 319 g/mol. The van der Waals surface area contributed by atoms with Crippen LogP contribution < -0.4 is 0 Å². The molecule has 5 nitrogen and oxygen atoms in total. The molecule has 1 aliphatic heterocycles. The van der Waals surface area contributed by atoms with E-state index in [0.29, 0.717) is 0 Å². The Morgan fingerprint density at radius 2 is 1.92 bits per heavy atom. The maximum atomic E-state index is 13.6. The summed E-state index contributed by atoms with van der Waals surface area (Å²) >= 11 is 0. The van der Waals surface area contributed by atoms with Gasteiger partial charge in [0.15, 0.2) is 6.23 Å². The summed E-state index contributed by atoms with van der Waals surface area (Å²) < 4.78 is 21.4.